The van der Waals surface area contributed by atoms with Gasteiger partial charge in [0, 0.05) is 10.9 Å². The Kier molecular flexibility index (Phi) is 3.79. The summed E-state index contributed by atoms with van der Waals surface area (Å²) in [5.41, 5.74) is 3.97. The molecule has 1 atom stereocenters. The van der Waals surface area contributed by atoms with Crippen LogP contribution in [-0.4, -0.2) is 11.4 Å². The Labute approximate surface area is 119 Å². The highest BCUT2D eigenvalue weighted by Gasteiger charge is 2.25. The molecule has 0 spiro atoms. The Morgan fingerprint density at radius 1 is 1.11 bits per heavy atom. The van der Waals surface area contributed by atoms with E-state index in [0.29, 0.717) is 5.92 Å². The SMILES string of the molecule is ON=CC1CCc2cc(Cl)c(C3CCCCC3)cc21. The summed E-state index contributed by atoms with van der Waals surface area (Å²) in [5, 5.41) is 12.9. The van der Waals surface area contributed by atoms with Crippen LogP contribution in [0.1, 0.15) is 67.1 Å². The predicted octanol–water partition coefficient (Wildman–Crippen LogP) is 4.88. The molecule has 1 unspecified atom stereocenters. The van der Waals surface area contributed by atoms with E-state index < -0.39 is 0 Å². The molecule has 1 aromatic carbocycles. The van der Waals surface area contributed by atoms with E-state index in [1.807, 2.05) is 0 Å². The molecule has 2 nitrogen and oxygen atoms in total. The molecule has 0 amide bonds. The molecule has 3 rings (SSSR count). The van der Waals surface area contributed by atoms with Crippen LogP contribution in [-0.2, 0) is 6.42 Å². The van der Waals surface area contributed by atoms with Crippen LogP contribution >= 0.6 is 11.6 Å². The summed E-state index contributed by atoms with van der Waals surface area (Å²) in [5.74, 6) is 0.887. The standard InChI is InChI=1S/C16H20ClNO/c17-16-8-12-6-7-13(10-18-19)14(12)9-15(16)11-4-2-1-3-5-11/h8-11,13,19H,1-7H2. The number of rotatable bonds is 2. The van der Waals surface area contributed by atoms with Gasteiger partial charge in [0.2, 0.25) is 0 Å². The molecule has 0 aliphatic heterocycles. The van der Waals surface area contributed by atoms with Crippen LogP contribution in [0.3, 0.4) is 0 Å². The third kappa shape index (κ3) is 2.51. The third-order valence-electron chi connectivity index (χ3n) is 4.67. The quantitative estimate of drug-likeness (QED) is 0.466. The zero-order valence-electron chi connectivity index (χ0n) is 11.1. The summed E-state index contributed by atoms with van der Waals surface area (Å²) in [6, 6.07) is 4.43. The van der Waals surface area contributed by atoms with Gasteiger partial charge in [-0.15, -0.1) is 5.16 Å². The van der Waals surface area contributed by atoms with Crippen LogP contribution in [0.5, 0.6) is 0 Å². The smallest absolute Gasteiger partial charge is 0.0510 e. The van der Waals surface area contributed by atoms with E-state index in [4.69, 9.17) is 16.8 Å². The van der Waals surface area contributed by atoms with Gasteiger partial charge in [0.15, 0.2) is 0 Å². The second-order valence-corrected chi connectivity index (χ2v) is 6.22. The van der Waals surface area contributed by atoms with Crippen molar-refractivity contribution in [3.8, 4) is 0 Å². The van der Waals surface area contributed by atoms with Crippen LogP contribution in [0.4, 0.5) is 0 Å². The van der Waals surface area contributed by atoms with Crippen molar-refractivity contribution in [2.24, 2.45) is 5.16 Å². The lowest BCUT2D eigenvalue weighted by molar-refractivity contribution is 0.319. The Hall–Kier alpha value is -1.02. The van der Waals surface area contributed by atoms with E-state index in [2.05, 4.69) is 17.3 Å². The molecule has 2 aliphatic carbocycles. The molecular formula is C16H20ClNO. The first kappa shape index (κ1) is 13.0. The summed E-state index contributed by atoms with van der Waals surface area (Å²) >= 11 is 6.48. The van der Waals surface area contributed by atoms with E-state index >= 15 is 0 Å². The number of benzene rings is 1. The first-order valence-corrected chi connectivity index (χ1v) is 7.67. The molecule has 19 heavy (non-hydrogen) atoms. The van der Waals surface area contributed by atoms with Gasteiger partial charge >= 0.3 is 0 Å². The molecule has 0 radical (unpaired) electrons. The fourth-order valence-corrected chi connectivity index (χ4v) is 3.98. The lowest BCUT2D eigenvalue weighted by atomic mass is 9.82. The van der Waals surface area contributed by atoms with Crippen LogP contribution in [0.2, 0.25) is 5.02 Å². The number of hydrogen-bond donors (Lipinski definition) is 1. The molecule has 102 valence electrons. The van der Waals surface area contributed by atoms with Crippen LogP contribution in [0, 0.1) is 0 Å². The first-order valence-electron chi connectivity index (χ1n) is 7.29. The normalized spacial score (nSPS) is 23.9. The number of aryl methyl sites for hydroxylation is 1. The Balaban J connectivity index is 1.95. The molecule has 1 N–H and O–H groups in total. The van der Waals surface area contributed by atoms with Crippen LogP contribution in [0.15, 0.2) is 17.3 Å². The Morgan fingerprint density at radius 3 is 2.63 bits per heavy atom. The zero-order valence-corrected chi connectivity index (χ0v) is 11.9. The second-order valence-electron chi connectivity index (χ2n) is 5.82. The van der Waals surface area contributed by atoms with Gasteiger partial charge in [-0.05, 0) is 54.4 Å². The average Bonchev–Trinajstić information content (AvgIpc) is 2.81. The molecule has 0 saturated heterocycles. The summed E-state index contributed by atoms with van der Waals surface area (Å²) in [6.45, 7) is 0. The van der Waals surface area contributed by atoms with Crippen LogP contribution in [0.25, 0.3) is 0 Å². The predicted molar refractivity (Wildman–Crippen MR) is 78.6 cm³/mol. The minimum absolute atomic E-state index is 0.264. The van der Waals surface area contributed by atoms with Gasteiger partial charge in [0.05, 0.1) is 6.21 Å². The molecule has 1 aromatic rings. The number of fused-ring (bicyclic) bond motifs is 1. The largest absolute Gasteiger partial charge is 0.411 e. The molecule has 3 heteroatoms. The highest BCUT2D eigenvalue weighted by molar-refractivity contribution is 6.31. The minimum atomic E-state index is 0.264. The molecule has 0 bridgehead atoms. The fourth-order valence-electron chi connectivity index (χ4n) is 3.64. The van der Waals surface area contributed by atoms with Crippen LogP contribution < -0.4 is 0 Å². The topological polar surface area (TPSA) is 32.6 Å². The maximum atomic E-state index is 8.77. The summed E-state index contributed by atoms with van der Waals surface area (Å²) in [6.07, 6.45) is 10.2. The van der Waals surface area contributed by atoms with Crippen molar-refractivity contribution < 1.29 is 5.21 Å². The maximum absolute atomic E-state index is 8.77. The number of oxime groups is 1. The van der Waals surface area contributed by atoms with Crippen molar-refractivity contribution >= 4 is 17.8 Å². The zero-order chi connectivity index (χ0) is 13.2. The van der Waals surface area contributed by atoms with Gasteiger partial charge in [-0.2, -0.15) is 0 Å². The second kappa shape index (κ2) is 5.54. The van der Waals surface area contributed by atoms with Gasteiger partial charge in [0.1, 0.15) is 0 Å². The summed E-state index contributed by atoms with van der Waals surface area (Å²) < 4.78 is 0. The van der Waals surface area contributed by atoms with E-state index in [9.17, 15) is 0 Å². The van der Waals surface area contributed by atoms with Crippen molar-refractivity contribution in [1.82, 2.24) is 0 Å². The molecule has 0 heterocycles. The van der Waals surface area contributed by atoms with Gasteiger partial charge in [-0.25, -0.2) is 0 Å². The van der Waals surface area contributed by atoms with E-state index in [1.165, 1.54) is 48.8 Å². The van der Waals surface area contributed by atoms with Crippen molar-refractivity contribution in [3.63, 3.8) is 0 Å². The Bertz CT molecular complexity index is 492. The number of hydrogen-bond acceptors (Lipinski definition) is 2. The van der Waals surface area contributed by atoms with Gasteiger partial charge in [0.25, 0.3) is 0 Å². The molecular weight excluding hydrogens is 258 g/mol. The number of nitrogens with zero attached hydrogens (tertiary/aromatic N) is 1. The monoisotopic (exact) mass is 277 g/mol. The number of halogens is 1. The minimum Gasteiger partial charge on any atom is -0.411 e. The molecule has 2 aliphatic rings. The van der Waals surface area contributed by atoms with E-state index in [0.717, 1.165) is 17.9 Å². The highest BCUT2D eigenvalue weighted by Crippen LogP contribution is 2.41. The molecule has 1 fully saturated rings. The highest BCUT2D eigenvalue weighted by atomic mass is 35.5. The van der Waals surface area contributed by atoms with E-state index in [1.54, 1.807) is 6.21 Å². The van der Waals surface area contributed by atoms with Gasteiger partial charge < -0.3 is 5.21 Å². The van der Waals surface area contributed by atoms with Gasteiger partial charge in [-0.3, -0.25) is 0 Å². The third-order valence-corrected chi connectivity index (χ3v) is 5.00. The maximum Gasteiger partial charge on any atom is 0.0510 e. The van der Waals surface area contributed by atoms with Crippen molar-refractivity contribution in [3.05, 3.63) is 33.8 Å². The Morgan fingerprint density at radius 2 is 1.89 bits per heavy atom. The summed E-state index contributed by atoms with van der Waals surface area (Å²) in [4.78, 5) is 0. The van der Waals surface area contributed by atoms with Crippen molar-refractivity contribution in [2.45, 2.75) is 56.8 Å². The lowest BCUT2D eigenvalue weighted by Gasteiger charge is -2.24. The first-order chi connectivity index (χ1) is 9.29. The summed E-state index contributed by atoms with van der Waals surface area (Å²) in [7, 11) is 0. The lowest BCUT2D eigenvalue weighted by Crippen LogP contribution is -2.06. The average molecular weight is 278 g/mol. The van der Waals surface area contributed by atoms with E-state index in [-0.39, 0.29) is 5.92 Å². The fraction of sp³-hybridized carbons (Fsp3) is 0.562. The van der Waals surface area contributed by atoms with Gasteiger partial charge in [-0.1, -0.05) is 36.9 Å². The van der Waals surface area contributed by atoms with Crippen molar-refractivity contribution in [2.75, 3.05) is 0 Å². The van der Waals surface area contributed by atoms with Crippen molar-refractivity contribution in [1.29, 1.82) is 0 Å². The molecule has 1 saturated carbocycles. The molecule has 0 aromatic heterocycles.